The van der Waals surface area contributed by atoms with Gasteiger partial charge in [-0.1, -0.05) is 35.0 Å². The highest BCUT2D eigenvalue weighted by molar-refractivity contribution is 5.86. The summed E-state index contributed by atoms with van der Waals surface area (Å²) in [5.74, 6) is 0.0766. The van der Waals surface area contributed by atoms with Gasteiger partial charge in [-0.25, -0.2) is 9.78 Å². The zero-order chi connectivity index (χ0) is 16.2. The van der Waals surface area contributed by atoms with Gasteiger partial charge in [-0.3, -0.25) is 4.98 Å². The summed E-state index contributed by atoms with van der Waals surface area (Å²) in [6.45, 7) is 3.67. The van der Waals surface area contributed by atoms with Gasteiger partial charge in [0.25, 0.3) is 5.89 Å². The second-order valence-corrected chi connectivity index (χ2v) is 5.00. The summed E-state index contributed by atoms with van der Waals surface area (Å²) in [4.78, 5) is 24.0. The van der Waals surface area contributed by atoms with Gasteiger partial charge < -0.3 is 9.26 Å². The van der Waals surface area contributed by atoms with E-state index in [1.165, 1.54) is 12.4 Å². The smallest absolute Gasteiger partial charge is 0.359 e. The van der Waals surface area contributed by atoms with Crippen LogP contribution in [0.1, 0.15) is 27.6 Å². The number of carbonyl (C=O) groups excluding carboxylic acids is 1. The molecule has 0 N–H and O–H groups in total. The SMILES string of the molecule is Cc1ccc(-c2noc(COC(=O)c3cnc(C)cn3)n2)cc1. The summed E-state index contributed by atoms with van der Waals surface area (Å²) in [5.41, 5.74) is 2.84. The van der Waals surface area contributed by atoms with Gasteiger partial charge in [-0.05, 0) is 13.8 Å². The van der Waals surface area contributed by atoms with E-state index < -0.39 is 5.97 Å². The third kappa shape index (κ3) is 3.57. The van der Waals surface area contributed by atoms with Crippen molar-refractivity contribution in [1.82, 2.24) is 20.1 Å². The molecule has 0 aliphatic rings. The van der Waals surface area contributed by atoms with Gasteiger partial charge in [0.2, 0.25) is 5.82 Å². The highest BCUT2D eigenvalue weighted by atomic mass is 16.6. The quantitative estimate of drug-likeness (QED) is 0.684. The summed E-state index contributed by atoms with van der Waals surface area (Å²) in [7, 11) is 0. The zero-order valence-electron chi connectivity index (χ0n) is 12.7. The Labute approximate surface area is 132 Å². The van der Waals surface area contributed by atoms with Crippen LogP contribution in [0.25, 0.3) is 11.4 Å². The van der Waals surface area contributed by atoms with Gasteiger partial charge in [0, 0.05) is 11.8 Å². The van der Waals surface area contributed by atoms with Gasteiger partial charge >= 0.3 is 5.97 Å². The first-order chi connectivity index (χ1) is 11.1. The van der Waals surface area contributed by atoms with Gasteiger partial charge in [-0.15, -0.1) is 0 Å². The van der Waals surface area contributed by atoms with Crippen molar-refractivity contribution in [2.24, 2.45) is 0 Å². The van der Waals surface area contributed by atoms with Crippen molar-refractivity contribution < 1.29 is 14.1 Å². The van der Waals surface area contributed by atoms with Crippen molar-refractivity contribution >= 4 is 5.97 Å². The first-order valence-corrected chi connectivity index (χ1v) is 6.97. The fourth-order valence-corrected chi connectivity index (χ4v) is 1.83. The monoisotopic (exact) mass is 310 g/mol. The molecule has 3 aromatic rings. The van der Waals surface area contributed by atoms with Gasteiger partial charge in [0.15, 0.2) is 12.3 Å². The van der Waals surface area contributed by atoms with Crippen LogP contribution in [0.3, 0.4) is 0 Å². The Morgan fingerprint density at radius 2 is 1.91 bits per heavy atom. The molecule has 0 aliphatic carbocycles. The number of aromatic nitrogens is 4. The van der Waals surface area contributed by atoms with Crippen molar-refractivity contribution in [1.29, 1.82) is 0 Å². The maximum Gasteiger partial charge on any atom is 0.359 e. The normalized spacial score (nSPS) is 10.5. The molecular formula is C16H14N4O3. The Morgan fingerprint density at radius 1 is 1.13 bits per heavy atom. The van der Waals surface area contributed by atoms with E-state index in [0.717, 1.165) is 16.8 Å². The second kappa shape index (κ2) is 6.35. The number of carbonyl (C=O) groups is 1. The zero-order valence-corrected chi connectivity index (χ0v) is 12.7. The first-order valence-electron chi connectivity index (χ1n) is 6.97. The van der Waals surface area contributed by atoms with E-state index in [-0.39, 0.29) is 18.2 Å². The molecule has 0 amide bonds. The molecule has 1 aromatic carbocycles. The molecule has 0 spiro atoms. The number of rotatable bonds is 4. The van der Waals surface area contributed by atoms with Crippen LogP contribution >= 0.6 is 0 Å². The van der Waals surface area contributed by atoms with E-state index in [4.69, 9.17) is 9.26 Å². The van der Waals surface area contributed by atoms with Crippen molar-refractivity contribution in [3.63, 3.8) is 0 Å². The Bertz CT molecular complexity index is 810. The number of ether oxygens (including phenoxy) is 1. The molecule has 0 radical (unpaired) electrons. The molecule has 0 unspecified atom stereocenters. The van der Waals surface area contributed by atoms with Gasteiger partial charge in [0.05, 0.1) is 11.9 Å². The maximum absolute atomic E-state index is 11.8. The lowest BCUT2D eigenvalue weighted by molar-refractivity contribution is 0.0422. The fraction of sp³-hybridized carbons (Fsp3) is 0.188. The van der Waals surface area contributed by atoms with Crippen LogP contribution in [-0.2, 0) is 11.3 Å². The molecule has 0 aliphatic heterocycles. The van der Waals surface area contributed by atoms with Crippen LogP contribution in [0.4, 0.5) is 0 Å². The molecule has 23 heavy (non-hydrogen) atoms. The minimum absolute atomic E-state index is 0.118. The topological polar surface area (TPSA) is 91.0 Å². The minimum atomic E-state index is -0.590. The van der Waals surface area contributed by atoms with E-state index in [2.05, 4.69) is 20.1 Å². The Balaban J connectivity index is 1.64. The lowest BCUT2D eigenvalue weighted by Gasteiger charge is -2.00. The largest absolute Gasteiger partial charge is 0.451 e. The van der Waals surface area contributed by atoms with E-state index >= 15 is 0 Å². The van der Waals surface area contributed by atoms with Crippen LogP contribution in [-0.4, -0.2) is 26.1 Å². The average molecular weight is 310 g/mol. The van der Waals surface area contributed by atoms with Gasteiger partial charge in [-0.2, -0.15) is 4.98 Å². The van der Waals surface area contributed by atoms with Crippen LogP contribution in [0.15, 0.2) is 41.2 Å². The summed E-state index contributed by atoms with van der Waals surface area (Å²) in [5, 5.41) is 3.87. The molecule has 2 heterocycles. The fourth-order valence-electron chi connectivity index (χ4n) is 1.83. The van der Waals surface area contributed by atoms with Crippen LogP contribution in [0.2, 0.25) is 0 Å². The highest BCUT2D eigenvalue weighted by Crippen LogP contribution is 2.16. The highest BCUT2D eigenvalue weighted by Gasteiger charge is 2.13. The molecule has 0 saturated carbocycles. The summed E-state index contributed by atoms with van der Waals surface area (Å²) in [6, 6.07) is 7.72. The Morgan fingerprint density at radius 3 is 2.61 bits per heavy atom. The second-order valence-electron chi connectivity index (χ2n) is 5.00. The molecule has 3 rings (SSSR count). The molecule has 2 aromatic heterocycles. The molecule has 0 fully saturated rings. The van der Waals surface area contributed by atoms with Crippen LogP contribution in [0, 0.1) is 13.8 Å². The van der Waals surface area contributed by atoms with E-state index in [1.54, 1.807) is 6.92 Å². The molecule has 116 valence electrons. The molecule has 7 heteroatoms. The van der Waals surface area contributed by atoms with E-state index in [1.807, 2.05) is 31.2 Å². The van der Waals surface area contributed by atoms with Crippen molar-refractivity contribution in [2.45, 2.75) is 20.5 Å². The predicted molar refractivity (Wildman–Crippen MR) is 80.4 cm³/mol. The minimum Gasteiger partial charge on any atom is -0.451 e. The molecular weight excluding hydrogens is 296 g/mol. The number of hydrogen-bond acceptors (Lipinski definition) is 7. The molecule has 0 saturated heterocycles. The number of esters is 1. The van der Waals surface area contributed by atoms with Crippen molar-refractivity contribution in [2.75, 3.05) is 0 Å². The summed E-state index contributed by atoms with van der Waals surface area (Å²) in [6.07, 6.45) is 2.86. The lowest BCUT2D eigenvalue weighted by Crippen LogP contribution is -2.08. The summed E-state index contributed by atoms with van der Waals surface area (Å²) < 4.78 is 10.2. The maximum atomic E-state index is 11.8. The average Bonchev–Trinajstić information content (AvgIpc) is 3.03. The van der Waals surface area contributed by atoms with Crippen LogP contribution < -0.4 is 0 Å². The van der Waals surface area contributed by atoms with Crippen molar-refractivity contribution in [3.05, 3.63) is 59.5 Å². The summed E-state index contributed by atoms with van der Waals surface area (Å²) >= 11 is 0. The molecule has 0 atom stereocenters. The third-order valence-corrected chi connectivity index (χ3v) is 3.09. The van der Waals surface area contributed by atoms with Gasteiger partial charge in [0.1, 0.15) is 0 Å². The number of aryl methyl sites for hydroxylation is 2. The number of nitrogens with zero attached hydrogens (tertiary/aromatic N) is 4. The molecule has 7 nitrogen and oxygen atoms in total. The Kier molecular flexibility index (Phi) is 4.09. The predicted octanol–water partition coefficient (Wildman–Crippen LogP) is 2.50. The lowest BCUT2D eigenvalue weighted by atomic mass is 10.1. The standard InChI is InChI=1S/C16H14N4O3/c1-10-3-5-12(6-4-10)15-19-14(23-20-15)9-22-16(21)13-8-17-11(2)7-18-13/h3-8H,9H2,1-2H3. The third-order valence-electron chi connectivity index (χ3n) is 3.09. The van der Waals surface area contributed by atoms with Crippen molar-refractivity contribution in [3.8, 4) is 11.4 Å². The number of hydrogen-bond donors (Lipinski definition) is 0. The number of benzene rings is 1. The Hall–Kier alpha value is -3.09. The van der Waals surface area contributed by atoms with Crippen LogP contribution in [0.5, 0.6) is 0 Å². The first kappa shape index (κ1) is 14.8. The van der Waals surface area contributed by atoms with E-state index in [0.29, 0.717) is 5.82 Å². The van der Waals surface area contributed by atoms with E-state index in [9.17, 15) is 4.79 Å². The molecule has 0 bridgehead atoms.